The molecule has 0 radical (unpaired) electrons. The molecule has 27 heavy (non-hydrogen) atoms. The summed E-state index contributed by atoms with van der Waals surface area (Å²) in [4.78, 5) is 22.9. The normalized spacial score (nSPS) is 23.7. The van der Waals surface area contributed by atoms with Crippen LogP contribution in [0, 0.1) is 11.7 Å². The van der Waals surface area contributed by atoms with Gasteiger partial charge in [-0.2, -0.15) is 0 Å². The summed E-state index contributed by atoms with van der Waals surface area (Å²) >= 11 is 0. The molecule has 0 aliphatic carbocycles. The Morgan fingerprint density at radius 3 is 2.93 bits per heavy atom. The van der Waals surface area contributed by atoms with Gasteiger partial charge in [-0.3, -0.25) is 4.79 Å². The van der Waals surface area contributed by atoms with Crippen molar-refractivity contribution in [3.8, 4) is 0 Å². The van der Waals surface area contributed by atoms with Crippen LogP contribution in [0.5, 0.6) is 0 Å². The number of carbonyl (C=O) groups is 2. The lowest BCUT2D eigenvalue weighted by atomic mass is 10.00. The zero-order valence-corrected chi connectivity index (χ0v) is 15.5. The fourth-order valence-corrected chi connectivity index (χ4v) is 3.59. The Labute approximate surface area is 158 Å². The van der Waals surface area contributed by atoms with E-state index in [9.17, 15) is 14.0 Å². The van der Waals surface area contributed by atoms with E-state index in [-0.39, 0.29) is 18.3 Å². The van der Waals surface area contributed by atoms with Crippen molar-refractivity contribution in [1.29, 1.82) is 0 Å². The predicted molar refractivity (Wildman–Crippen MR) is 99.9 cm³/mol. The van der Waals surface area contributed by atoms with Gasteiger partial charge in [0.05, 0.1) is 18.3 Å². The first kappa shape index (κ1) is 19.4. The van der Waals surface area contributed by atoms with Crippen LogP contribution >= 0.6 is 0 Å². The molecule has 7 nitrogen and oxygen atoms in total. The maximum absolute atomic E-state index is 14.6. The topological polar surface area (TPSA) is 91.5 Å². The number of ether oxygens (including phenoxy) is 1. The Hall–Kier alpha value is -2.35. The highest BCUT2D eigenvalue weighted by molar-refractivity contribution is 5.74. The number of rotatable bonds is 6. The second-order valence-electron chi connectivity index (χ2n) is 7.19. The van der Waals surface area contributed by atoms with Crippen LogP contribution < -0.4 is 21.3 Å². The Kier molecular flexibility index (Phi) is 6.49. The minimum atomic E-state index is -0.601. The van der Waals surface area contributed by atoms with E-state index in [0.29, 0.717) is 23.7 Å². The zero-order valence-electron chi connectivity index (χ0n) is 15.5. The number of hydrogen-bond acceptors (Lipinski definition) is 5. The monoisotopic (exact) mass is 378 g/mol. The van der Waals surface area contributed by atoms with Crippen molar-refractivity contribution < 1.29 is 18.7 Å². The smallest absolute Gasteiger partial charge is 0.407 e. The second kappa shape index (κ2) is 9.03. The van der Waals surface area contributed by atoms with Crippen LogP contribution in [0.1, 0.15) is 37.8 Å². The van der Waals surface area contributed by atoms with E-state index in [2.05, 4.69) is 21.3 Å². The quantitative estimate of drug-likeness (QED) is 0.607. The summed E-state index contributed by atoms with van der Waals surface area (Å²) < 4.78 is 19.8. The van der Waals surface area contributed by atoms with Crippen molar-refractivity contribution in [2.45, 2.75) is 38.3 Å². The lowest BCUT2D eigenvalue weighted by Gasteiger charge is -2.23. The van der Waals surface area contributed by atoms with Crippen LogP contribution in [0.2, 0.25) is 0 Å². The van der Waals surface area contributed by atoms with E-state index >= 15 is 0 Å². The molecular formula is C19H27FN4O3. The third kappa shape index (κ3) is 5.32. The summed E-state index contributed by atoms with van der Waals surface area (Å²) in [5.74, 6) is -0.184. The Morgan fingerprint density at radius 2 is 2.22 bits per heavy atom. The molecule has 2 unspecified atom stereocenters. The van der Waals surface area contributed by atoms with Crippen molar-refractivity contribution >= 4 is 17.7 Å². The summed E-state index contributed by atoms with van der Waals surface area (Å²) in [6, 6.07) is 4.22. The first-order chi connectivity index (χ1) is 13.0. The van der Waals surface area contributed by atoms with Crippen molar-refractivity contribution in [1.82, 2.24) is 16.0 Å². The van der Waals surface area contributed by atoms with Gasteiger partial charge in [0, 0.05) is 13.5 Å². The van der Waals surface area contributed by atoms with Gasteiger partial charge in [0.2, 0.25) is 5.91 Å². The fourth-order valence-electron chi connectivity index (χ4n) is 3.59. The van der Waals surface area contributed by atoms with Gasteiger partial charge in [-0.25, -0.2) is 9.18 Å². The molecular weight excluding hydrogens is 351 g/mol. The standard InChI is InChI=1S/C19H27FN4O3/c1-12(25)24-18(17-11-23-19(26)27-17)14-5-6-16(15(20)8-14)22-10-13-4-2-3-7-21-9-13/h5-6,8,13,17-18,21-22H,2-4,7,9-11H2,1H3,(H,23,26)(H,24,25)/t13?,17-,18?/m0/s1. The number of cyclic esters (lactones) is 1. The molecule has 0 bridgehead atoms. The van der Waals surface area contributed by atoms with Gasteiger partial charge in [0.1, 0.15) is 11.9 Å². The number of amides is 2. The molecule has 148 valence electrons. The Bertz CT molecular complexity index is 677. The van der Waals surface area contributed by atoms with Crippen LogP contribution in [0.3, 0.4) is 0 Å². The van der Waals surface area contributed by atoms with E-state index in [1.54, 1.807) is 12.1 Å². The number of halogens is 1. The van der Waals surface area contributed by atoms with Gasteiger partial charge in [0.25, 0.3) is 0 Å². The van der Waals surface area contributed by atoms with E-state index in [1.165, 1.54) is 25.8 Å². The van der Waals surface area contributed by atoms with Crippen molar-refractivity contribution in [3.63, 3.8) is 0 Å². The summed E-state index contributed by atoms with van der Waals surface area (Å²) in [6.45, 7) is 4.34. The molecule has 2 aliphatic heterocycles. The second-order valence-corrected chi connectivity index (χ2v) is 7.19. The van der Waals surface area contributed by atoms with Gasteiger partial charge in [-0.1, -0.05) is 12.5 Å². The minimum absolute atomic E-state index is 0.264. The van der Waals surface area contributed by atoms with Crippen molar-refractivity contribution in [2.75, 3.05) is 31.5 Å². The summed E-state index contributed by atoms with van der Waals surface area (Å²) in [6.07, 6.45) is 2.39. The molecule has 0 spiro atoms. The van der Waals surface area contributed by atoms with E-state index in [1.807, 2.05) is 0 Å². The average molecular weight is 378 g/mol. The van der Waals surface area contributed by atoms with Gasteiger partial charge < -0.3 is 26.0 Å². The molecule has 1 aromatic rings. The van der Waals surface area contributed by atoms with Gasteiger partial charge in [-0.15, -0.1) is 0 Å². The lowest BCUT2D eigenvalue weighted by Crippen LogP contribution is -2.37. The molecule has 8 heteroatoms. The van der Waals surface area contributed by atoms with Gasteiger partial charge in [-0.05, 0) is 49.5 Å². The molecule has 0 saturated carbocycles. The average Bonchev–Trinajstić information content (AvgIpc) is 2.90. The molecule has 2 aliphatic rings. The highest BCUT2D eigenvalue weighted by Gasteiger charge is 2.33. The van der Waals surface area contributed by atoms with E-state index in [4.69, 9.17) is 4.74 Å². The third-order valence-electron chi connectivity index (χ3n) is 5.02. The van der Waals surface area contributed by atoms with Crippen LogP contribution in [0.25, 0.3) is 0 Å². The largest absolute Gasteiger partial charge is 0.442 e. The number of hydrogen-bond donors (Lipinski definition) is 4. The zero-order chi connectivity index (χ0) is 19.2. The highest BCUT2D eigenvalue weighted by atomic mass is 19.1. The first-order valence-electron chi connectivity index (χ1n) is 9.48. The van der Waals surface area contributed by atoms with Gasteiger partial charge >= 0.3 is 6.09 Å². The molecule has 1 aromatic carbocycles. The molecule has 3 rings (SSSR count). The Morgan fingerprint density at radius 1 is 1.37 bits per heavy atom. The summed E-state index contributed by atoms with van der Waals surface area (Å²) in [7, 11) is 0. The predicted octanol–water partition coefficient (Wildman–Crippen LogP) is 1.91. The molecule has 2 heterocycles. The van der Waals surface area contributed by atoms with Crippen LogP contribution in [-0.4, -0.2) is 44.3 Å². The maximum Gasteiger partial charge on any atom is 0.407 e. The first-order valence-corrected chi connectivity index (χ1v) is 9.48. The molecule has 2 amide bonds. The lowest BCUT2D eigenvalue weighted by molar-refractivity contribution is -0.120. The number of nitrogens with one attached hydrogen (secondary N) is 4. The molecule has 4 N–H and O–H groups in total. The van der Waals surface area contributed by atoms with Crippen LogP contribution in [0.15, 0.2) is 18.2 Å². The summed E-state index contributed by atoms with van der Waals surface area (Å²) in [5, 5.41) is 11.9. The minimum Gasteiger partial charge on any atom is -0.442 e. The number of benzene rings is 1. The van der Waals surface area contributed by atoms with Crippen LogP contribution in [0.4, 0.5) is 14.9 Å². The summed E-state index contributed by atoms with van der Waals surface area (Å²) in [5.41, 5.74) is 0.997. The SMILES string of the molecule is CC(=O)NC(c1ccc(NCC2CCCCNC2)c(F)c1)[C@@H]1CNC(=O)O1. The Balaban J connectivity index is 1.67. The van der Waals surface area contributed by atoms with Crippen LogP contribution in [-0.2, 0) is 9.53 Å². The molecule has 0 aromatic heterocycles. The number of alkyl carbamates (subject to hydrolysis) is 1. The molecule has 2 saturated heterocycles. The molecule has 3 atom stereocenters. The number of anilines is 1. The third-order valence-corrected chi connectivity index (χ3v) is 5.02. The highest BCUT2D eigenvalue weighted by Crippen LogP contribution is 2.26. The number of carbonyl (C=O) groups excluding carboxylic acids is 2. The maximum atomic E-state index is 14.6. The van der Waals surface area contributed by atoms with E-state index in [0.717, 1.165) is 19.5 Å². The van der Waals surface area contributed by atoms with Crippen molar-refractivity contribution in [3.05, 3.63) is 29.6 Å². The fraction of sp³-hybridized carbons (Fsp3) is 0.579. The van der Waals surface area contributed by atoms with Crippen molar-refractivity contribution in [2.24, 2.45) is 5.92 Å². The molecule has 2 fully saturated rings. The van der Waals surface area contributed by atoms with Gasteiger partial charge in [0.15, 0.2) is 0 Å². The van der Waals surface area contributed by atoms with E-state index < -0.39 is 18.2 Å².